The average Bonchev–Trinajstić information content (AvgIpc) is 3.21. The quantitative estimate of drug-likeness (QED) is 0.566. The van der Waals surface area contributed by atoms with Crippen molar-refractivity contribution in [1.82, 2.24) is 15.1 Å². The molecule has 0 radical (unpaired) electrons. The first-order chi connectivity index (χ1) is 16.0. The standard InChI is InChI=1S/C26H37N3O4/c1-16(26(31)32)7-8-29-25(33-15-17-5-3-2-4-6-17)22(14-27-29)24(30)28-23-20-10-18-9-19(12-20)13-21(23)11-18/h7,14,17-21,23H,2-6,8-13,15H2,1H3,(H,28,30)(H,31,32)/b16-7+. The second-order valence-corrected chi connectivity index (χ2v) is 11.0. The van der Waals surface area contributed by atoms with Crippen LogP contribution in [-0.4, -0.2) is 39.4 Å². The molecule has 0 aliphatic heterocycles. The highest BCUT2D eigenvalue weighted by Gasteiger charge is 2.48. The summed E-state index contributed by atoms with van der Waals surface area (Å²) in [7, 11) is 0. The molecule has 5 fully saturated rings. The Morgan fingerprint density at radius 3 is 2.42 bits per heavy atom. The maximum absolute atomic E-state index is 13.4. The summed E-state index contributed by atoms with van der Waals surface area (Å²) >= 11 is 0. The van der Waals surface area contributed by atoms with Gasteiger partial charge in [-0.25, -0.2) is 9.48 Å². The Hall–Kier alpha value is -2.31. The third kappa shape index (κ3) is 4.82. The van der Waals surface area contributed by atoms with E-state index in [4.69, 9.17) is 4.74 Å². The molecule has 4 bridgehead atoms. The molecule has 0 saturated heterocycles. The maximum atomic E-state index is 13.4. The van der Waals surface area contributed by atoms with Crippen LogP contribution >= 0.6 is 0 Å². The number of carbonyl (C=O) groups excluding carboxylic acids is 1. The summed E-state index contributed by atoms with van der Waals surface area (Å²) in [6.07, 6.45) is 15.7. The lowest BCUT2D eigenvalue weighted by molar-refractivity contribution is -0.132. The van der Waals surface area contributed by atoms with E-state index in [2.05, 4.69) is 10.4 Å². The molecule has 180 valence electrons. The minimum atomic E-state index is -0.952. The molecule has 7 heteroatoms. The van der Waals surface area contributed by atoms with E-state index in [0.717, 1.165) is 24.7 Å². The lowest BCUT2D eigenvalue weighted by atomic mass is 9.54. The van der Waals surface area contributed by atoms with Gasteiger partial charge in [0, 0.05) is 11.6 Å². The topological polar surface area (TPSA) is 93.5 Å². The number of ether oxygens (including phenoxy) is 1. The fraction of sp³-hybridized carbons (Fsp3) is 0.731. The van der Waals surface area contributed by atoms with Gasteiger partial charge in [0.2, 0.25) is 5.88 Å². The maximum Gasteiger partial charge on any atom is 0.331 e. The summed E-state index contributed by atoms with van der Waals surface area (Å²) in [6.45, 7) is 2.41. The van der Waals surface area contributed by atoms with Crippen LogP contribution in [0.5, 0.6) is 5.88 Å². The number of aliphatic carboxylic acids is 1. The van der Waals surface area contributed by atoms with Gasteiger partial charge in [-0.2, -0.15) is 5.10 Å². The molecule has 1 aromatic rings. The van der Waals surface area contributed by atoms with Gasteiger partial charge in [0.1, 0.15) is 5.56 Å². The molecular formula is C26H37N3O4. The molecule has 1 amide bonds. The van der Waals surface area contributed by atoms with Crippen molar-refractivity contribution in [2.75, 3.05) is 6.61 Å². The van der Waals surface area contributed by atoms with Gasteiger partial charge in [-0.15, -0.1) is 0 Å². The monoisotopic (exact) mass is 455 g/mol. The second-order valence-electron chi connectivity index (χ2n) is 11.0. The largest absolute Gasteiger partial charge is 0.478 e. The number of allylic oxidation sites excluding steroid dienone is 1. The van der Waals surface area contributed by atoms with E-state index >= 15 is 0 Å². The van der Waals surface area contributed by atoms with Gasteiger partial charge in [-0.3, -0.25) is 4.79 Å². The van der Waals surface area contributed by atoms with Gasteiger partial charge in [0.15, 0.2) is 0 Å². The zero-order valence-corrected chi connectivity index (χ0v) is 19.7. The highest BCUT2D eigenvalue weighted by molar-refractivity contribution is 5.96. The first-order valence-corrected chi connectivity index (χ1v) is 12.9. The van der Waals surface area contributed by atoms with Crippen LogP contribution in [0.3, 0.4) is 0 Å². The Bertz CT molecular complexity index is 887. The van der Waals surface area contributed by atoms with Gasteiger partial charge in [0.25, 0.3) is 5.91 Å². The van der Waals surface area contributed by atoms with Gasteiger partial charge in [0.05, 0.1) is 19.3 Å². The molecule has 5 aliphatic rings. The van der Waals surface area contributed by atoms with Gasteiger partial charge in [-0.05, 0) is 81.5 Å². The Morgan fingerprint density at radius 2 is 1.79 bits per heavy atom. The molecular weight excluding hydrogens is 418 g/mol. The number of aromatic nitrogens is 2. The number of carboxylic acid groups (broad SMARTS) is 1. The first-order valence-electron chi connectivity index (χ1n) is 12.9. The van der Waals surface area contributed by atoms with E-state index in [1.54, 1.807) is 23.9 Å². The lowest BCUT2D eigenvalue weighted by Crippen LogP contribution is -2.55. The number of carboxylic acids is 1. The van der Waals surface area contributed by atoms with Gasteiger partial charge < -0.3 is 15.2 Å². The van der Waals surface area contributed by atoms with Crippen molar-refractivity contribution in [3.63, 3.8) is 0 Å². The minimum absolute atomic E-state index is 0.101. The van der Waals surface area contributed by atoms with Crippen molar-refractivity contribution in [3.8, 4) is 5.88 Å². The molecule has 5 saturated carbocycles. The number of nitrogens with one attached hydrogen (secondary N) is 1. The number of carbonyl (C=O) groups is 2. The molecule has 33 heavy (non-hydrogen) atoms. The van der Waals surface area contributed by atoms with Crippen LogP contribution in [0.1, 0.15) is 81.5 Å². The van der Waals surface area contributed by atoms with Crippen molar-refractivity contribution in [3.05, 3.63) is 23.4 Å². The van der Waals surface area contributed by atoms with E-state index in [-0.39, 0.29) is 24.1 Å². The van der Waals surface area contributed by atoms with E-state index in [1.807, 2.05) is 0 Å². The Morgan fingerprint density at radius 1 is 1.12 bits per heavy atom. The van der Waals surface area contributed by atoms with E-state index in [0.29, 0.717) is 35.8 Å². The summed E-state index contributed by atoms with van der Waals surface area (Å²) in [4.78, 5) is 24.6. The van der Waals surface area contributed by atoms with Crippen molar-refractivity contribution >= 4 is 11.9 Å². The third-order valence-corrected chi connectivity index (χ3v) is 8.65. The molecule has 2 N–H and O–H groups in total. The first kappa shape index (κ1) is 22.5. The van der Waals surface area contributed by atoms with Crippen LogP contribution in [-0.2, 0) is 11.3 Å². The summed E-state index contributed by atoms with van der Waals surface area (Å²) < 4.78 is 7.86. The highest BCUT2D eigenvalue weighted by Crippen LogP contribution is 2.53. The zero-order chi connectivity index (χ0) is 22.9. The number of amides is 1. The van der Waals surface area contributed by atoms with E-state index in [1.165, 1.54) is 51.4 Å². The normalized spacial score (nSPS) is 31.5. The van der Waals surface area contributed by atoms with Crippen LogP contribution in [0, 0.1) is 29.6 Å². The lowest BCUT2D eigenvalue weighted by Gasteiger charge is -2.54. The predicted molar refractivity (Wildman–Crippen MR) is 124 cm³/mol. The molecule has 0 atom stereocenters. The van der Waals surface area contributed by atoms with E-state index in [9.17, 15) is 14.7 Å². The van der Waals surface area contributed by atoms with Crippen molar-refractivity contribution in [2.24, 2.45) is 29.6 Å². The molecule has 5 aliphatic carbocycles. The fourth-order valence-electron chi connectivity index (χ4n) is 7.06. The molecule has 6 rings (SSSR count). The summed E-state index contributed by atoms with van der Waals surface area (Å²) in [5, 5.41) is 17.0. The number of nitrogens with zero attached hydrogens (tertiary/aromatic N) is 2. The van der Waals surface area contributed by atoms with Crippen molar-refractivity contribution in [1.29, 1.82) is 0 Å². The predicted octanol–water partition coefficient (Wildman–Crippen LogP) is 4.43. The summed E-state index contributed by atoms with van der Waals surface area (Å²) in [6, 6.07) is 0.258. The minimum Gasteiger partial charge on any atom is -0.478 e. The molecule has 0 aromatic carbocycles. The van der Waals surface area contributed by atoms with Crippen LogP contribution < -0.4 is 10.1 Å². The molecule has 0 spiro atoms. The number of hydrogen-bond acceptors (Lipinski definition) is 4. The number of hydrogen-bond donors (Lipinski definition) is 2. The molecule has 0 unspecified atom stereocenters. The van der Waals surface area contributed by atoms with Crippen LogP contribution in [0.15, 0.2) is 17.8 Å². The van der Waals surface area contributed by atoms with Crippen molar-refractivity contribution < 1.29 is 19.4 Å². The SMILES string of the molecule is C/C(=C\Cn1ncc(C(=O)NC2C3CC4CC(C3)CC2C4)c1OCC1CCCCC1)C(=O)O. The second kappa shape index (κ2) is 9.51. The Kier molecular flexibility index (Phi) is 6.48. The molecule has 1 heterocycles. The third-order valence-electron chi connectivity index (χ3n) is 8.65. The molecule has 7 nitrogen and oxygen atoms in total. The Balaban J connectivity index is 1.32. The smallest absolute Gasteiger partial charge is 0.331 e. The zero-order valence-electron chi connectivity index (χ0n) is 19.7. The Labute approximate surface area is 196 Å². The fourth-order valence-corrected chi connectivity index (χ4v) is 7.06. The van der Waals surface area contributed by atoms with E-state index < -0.39 is 5.97 Å². The van der Waals surface area contributed by atoms with Crippen LogP contribution in [0.2, 0.25) is 0 Å². The highest BCUT2D eigenvalue weighted by atomic mass is 16.5. The van der Waals surface area contributed by atoms with Crippen LogP contribution in [0.25, 0.3) is 0 Å². The summed E-state index contributed by atoms with van der Waals surface area (Å²) in [5.41, 5.74) is 0.726. The van der Waals surface area contributed by atoms with Gasteiger partial charge in [-0.1, -0.05) is 25.3 Å². The van der Waals surface area contributed by atoms with Gasteiger partial charge >= 0.3 is 5.97 Å². The average molecular weight is 456 g/mol. The van der Waals surface area contributed by atoms with Crippen LogP contribution in [0.4, 0.5) is 0 Å². The summed E-state index contributed by atoms with van der Waals surface area (Å²) in [5.74, 6) is 2.85. The number of rotatable bonds is 8. The van der Waals surface area contributed by atoms with Crippen molar-refractivity contribution in [2.45, 2.75) is 83.7 Å². The molecule has 1 aromatic heterocycles.